The van der Waals surface area contributed by atoms with E-state index in [0.29, 0.717) is 19.0 Å². The zero-order valence-electron chi connectivity index (χ0n) is 14.5. The van der Waals surface area contributed by atoms with E-state index in [4.69, 9.17) is 14.7 Å². The summed E-state index contributed by atoms with van der Waals surface area (Å²) < 4.78 is 11.7. The summed E-state index contributed by atoms with van der Waals surface area (Å²) in [4.78, 5) is 0. The lowest BCUT2D eigenvalue weighted by Gasteiger charge is -2.13. The molecule has 3 aromatic rings. The van der Waals surface area contributed by atoms with Gasteiger partial charge in [0, 0.05) is 5.56 Å². The maximum absolute atomic E-state index is 8.99. The van der Waals surface area contributed by atoms with Crippen molar-refractivity contribution in [2.24, 2.45) is 5.16 Å². The maximum atomic E-state index is 8.99. The molecule has 0 radical (unpaired) electrons. The number of nitrogens with zero attached hydrogens (tertiary/aromatic N) is 1. The number of oxime groups is 1. The van der Waals surface area contributed by atoms with Crippen LogP contribution in [0.2, 0.25) is 0 Å². The Hall–Kier alpha value is -3.27. The van der Waals surface area contributed by atoms with Gasteiger partial charge in [-0.3, -0.25) is 0 Å². The fourth-order valence-electron chi connectivity index (χ4n) is 2.86. The second-order valence-electron chi connectivity index (χ2n) is 5.74. The van der Waals surface area contributed by atoms with Gasteiger partial charge in [-0.05, 0) is 34.9 Å². The Balaban J connectivity index is 1.69. The molecule has 0 saturated heterocycles. The lowest BCUT2D eigenvalue weighted by molar-refractivity contribution is 0.216. The first-order valence-corrected chi connectivity index (χ1v) is 8.47. The molecule has 4 heteroatoms. The number of benzene rings is 3. The summed E-state index contributed by atoms with van der Waals surface area (Å²) >= 11 is 0. The van der Waals surface area contributed by atoms with Gasteiger partial charge in [0.05, 0.1) is 6.21 Å². The molecule has 0 bridgehead atoms. The lowest BCUT2D eigenvalue weighted by atomic mass is 10.0. The van der Waals surface area contributed by atoms with Crippen molar-refractivity contribution in [1.29, 1.82) is 0 Å². The van der Waals surface area contributed by atoms with Gasteiger partial charge in [0.1, 0.15) is 24.7 Å². The lowest BCUT2D eigenvalue weighted by Crippen LogP contribution is -2.11. The van der Waals surface area contributed by atoms with Gasteiger partial charge >= 0.3 is 0 Å². The highest BCUT2D eigenvalue weighted by atomic mass is 16.5. The molecule has 0 spiro atoms. The standard InChI is InChI=1S/C22H21NO3/c1-2-7-18-9-4-6-11-21(18)25-14-15-26-22-13-12-17-8-3-5-10-19(17)20(22)16-23-24/h2-6,8-13,16,24H,1,7,14-15H2. The molecule has 4 nitrogen and oxygen atoms in total. The van der Waals surface area contributed by atoms with Crippen LogP contribution in [-0.2, 0) is 6.42 Å². The van der Waals surface area contributed by atoms with Crippen molar-refractivity contribution >= 4 is 17.0 Å². The first-order valence-electron chi connectivity index (χ1n) is 8.47. The second-order valence-corrected chi connectivity index (χ2v) is 5.74. The molecule has 3 rings (SSSR count). The van der Waals surface area contributed by atoms with Crippen molar-refractivity contribution in [1.82, 2.24) is 0 Å². The molecule has 0 heterocycles. The topological polar surface area (TPSA) is 51.0 Å². The van der Waals surface area contributed by atoms with E-state index in [2.05, 4.69) is 11.7 Å². The third-order valence-corrected chi connectivity index (χ3v) is 4.05. The SMILES string of the molecule is C=CCc1ccccc1OCCOc1ccc2ccccc2c1C=NO. The Morgan fingerprint density at radius 2 is 1.62 bits per heavy atom. The highest BCUT2D eigenvalue weighted by Crippen LogP contribution is 2.27. The largest absolute Gasteiger partial charge is 0.490 e. The van der Waals surface area contributed by atoms with Gasteiger partial charge in [-0.25, -0.2) is 0 Å². The Morgan fingerprint density at radius 3 is 2.42 bits per heavy atom. The zero-order chi connectivity index (χ0) is 18.2. The monoisotopic (exact) mass is 347 g/mol. The summed E-state index contributed by atoms with van der Waals surface area (Å²) in [5.41, 5.74) is 1.85. The summed E-state index contributed by atoms with van der Waals surface area (Å²) in [6, 6.07) is 19.7. The van der Waals surface area contributed by atoms with E-state index in [1.54, 1.807) is 0 Å². The second kappa shape index (κ2) is 8.72. The van der Waals surface area contributed by atoms with Crippen LogP contribution in [0.5, 0.6) is 11.5 Å². The fourth-order valence-corrected chi connectivity index (χ4v) is 2.86. The Kier molecular flexibility index (Phi) is 5.88. The zero-order valence-corrected chi connectivity index (χ0v) is 14.5. The molecule has 0 aliphatic carbocycles. The first kappa shape index (κ1) is 17.5. The Morgan fingerprint density at radius 1 is 0.885 bits per heavy atom. The number of para-hydroxylation sites is 1. The van der Waals surface area contributed by atoms with Gasteiger partial charge in [-0.2, -0.15) is 0 Å². The van der Waals surface area contributed by atoms with Gasteiger partial charge in [0.25, 0.3) is 0 Å². The van der Waals surface area contributed by atoms with Crippen molar-refractivity contribution in [3.05, 3.63) is 84.4 Å². The summed E-state index contributed by atoms with van der Waals surface area (Å²) in [5.74, 6) is 1.50. The molecule has 3 aromatic carbocycles. The third kappa shape index (κ3) is 4.03. The van der Waals surface area contributed by atoms with Crippen molar-refractivity contribution < 1.29 is 14.7 Å². The smallest absolute Gasteiger partial charge is 0.129 e. The van der Waals surface area contributed by atoms with E-state index >= 15 is 0 Å². The number of allylic oxidation sites excluding steroid dienone is 1. The molecule has 1 N–H and O–H groups in total. The molecule has 132 valence electrons. The molecule has 0 aliphatic rings. The van der Waals surface area contributed by atoms with E-state index in [0.717, 1.165) is 34.1 Å². The molecule has 0 aromatic heterocycles. The minimum absolute atomic E-state index is 0.382. The third-order valence-electron chi connectivity index (χ3n) is 4.05. The molecule has 0 amide bonds. The average molecular weight is 347 g/mol. The number of hydrogen-bond donors (Lipinski definition) is 1. The van der Waals surface area contributed by atoms with E-state index in [-0.39, 0.29) is 0 Å². The molecule has 0 fully saturated rings. The highest BCUT2D eigenvalue weighted by molar-refractivity contribution is 6.02. The van der Waals surface area contributed by atoms with E-state index in [1.807, 2.05) is 66.7 Å². The van der Waals surface area contributed by atoms with Gasteiger partial charge in [0.15, 0.2) is 0 Å². The molecule has 0 saturated carbocycles. The van der Waals surface area contributed by atoms with Gasteiger partial charge in [-0.15, -0.1) is 6.58 Å². The molecule has 0 unspecified atom stereocenters. The summed E-state index contributed by atoms with van der Waals surface area (Å²) in [6.07, 6.45) is 4.02. The summed E-state index contributed by atoms with van der Waals surface area (Å²) in [5, 5.41) is 14.2. The fraction of sp³-hybridized carbons (Fsp3) is 0.136. The van der Waals surface area contributed by atoms with Crippen LogP contribution in [0.25, 0.3) is 10.8 Å². The Labute approximate surface area is 153 Å². The van der Waals surface area contributed by atoms with Crippen LogP contribution in [0.1, 0.15) is 11.1 Å². The molecular formula is C22H21NO3. The molecule has 0 aliphatic heterocycles. The van der Waals surface area contributed by atoms with E-state index < -0.39 is 0 Å². The average Bonchev–Trinajstić information content (AvgIpc) is 2.68. The van der Waals surface area contributed by atoms with Crippen LogP contribution in [0.4, 0.5) is 0 Å². The number of fused-ring (bicyclic) bond motifs is 1. The minimum atomic E-state index is 0.382. The van der Waals surface area contributed by atoms with Crippen LogP contribution in [0, 0.1) is 0 Å². The van der Waals surface area contributed by atoms with Crippen molar-refractivity contribution in [2.75, 3.05) is 13.2 Å². The quantitative estimate of drug-likeness (QED) is 0.209. The predicted octanol–water partition coefficient (Wildman–Crippen LogP) is 4.83. The van der Waals surface area contributed by atoms with Crippen LogP contribution >= 0.6 is 0 Å². The highest BCUT2D eigenvalue weighted by Gasteiger charge is 2.08. The predicted molar refractivity (Wildman–Crippen MR) is 105 cm³/mol. The first-order chi connectivity index (χ1) is 12.8. The maximum Gasteiger partial charge on any atom is 0.129 e. The Bertz CT molecular complexity index is 918. The van der Waals surface area contributed by atoms with Crippen LogP contribution in [0.15, 0.2) is 78.5 Å². The van der Waals surface area contributed by atoms with Crippen molar-refractivity contribution in [2.45, 2.75) is 6.42 Å². The van der Waals surface area contributed by atoms with Gasteiger partial charge < -0.3 is 14.7 Å². The van der Waals surface area contributed by atoms with E-state index in [9.17, 15) is 0 Å². The summed E-state index contributed by atoms with van der Waals surface area (Å²) in [7, 11) is 0. The summed E-state index contributed by atoms with van der Waals surface area (Å²) in [6.45, 7) is 4.57. The molecule has 0 atom stereocenters. The van der Waals surface area contributed by atoms with Crippen molar-refractivity contribution in [3.8, 4) is 11.5 Å². The van der Waals surface area contributed by atoms with E-state index in [1.165, 1.54) is 6.21 Å². The minimum Gasteiger partial charge on any atom is -0.490 e. The van der Waals surface area contributed by atoms with Crippen LogP contribution < -0.4 is 9.47 Å². The van der Waals surface area contributed by atoms with Crippen LogP contribution in [0.3, 0.4) is 0 Å². The van der Waals surface area contributed by atoms with Gasteiger partial charge in [0.2, 0.25) is 0 Å². The normalized spacial score (nSPS) is 10.9. The number of ether oxygens (including phenoxy) is 2. The molecular weight excluding hydrogens is 326 g/mol. The number of hydrogen-bond acceptors (Lipinski definition) is 4. The molecule has 26 heavy (non-hydrogen) atoms. The number of rotatable bonds is 8. The van der Waals surface area contributed by atoms with Crippen LogP contribution in [-0.4, -0.2) is 24.6 Å². The van der Waals surface area contributed by atoms with Gasteiger partial charge in [-0.1, -0.05) is 59.8 Å². The van der Waals surface area contributed by atoms with Crippen molar-refractivity contribution in [3.63, 3.8) is 0 Å².